The Labute approximate surface area is 452 Å². The monoisotopic (exact) mass is 1020 g/mol. The second-order valence-corrected chi connectivity index (χ2v) is 20.8. The number of allylic oxidation sites excluding steroid dienone is 14. The normalized spacial score (nSPS) is 12.6. The molecule has 73 heavy (non-hydrogen) atoms. The molecule has 0 N–H and O–H groups in total. The van der Waals surface area contributed by atoms with Gasteiger partial charge in [0.15, 0.2) is 6.10 Å². The third kappa shape index (κ3) is 59.3. The first-order valence-corrected chi connectivity index (χ1v) is 31.2. The van der Waals surface area contributed by atoms with Gasteiger partial charge in [0, 0.05) is 19.3 Å². The Balaban J connectivity index is 4.44. The Hall–Kier alpha value is -3.41. The fraction of sp³-hybridized carbons (Fsp3) is 0.746. The molecule has 0 aromatic rings. The van der Waals surface area contributed by atoms with Crippen LogP contribution in [0.25, 0.3) is 0 Å². The zero-order chi connectivity index (χ0) is 52.9. The van der Waals surface area contributed by atoms with Crippen LogP contribution in [0.1, 0.15) is 303 Å². The maximum Gasteiger partial charge on any atom is 0.306 e. The van der Waals surface area contributed by atoms with E-state index in [4.69, 9.17) is 14.2 Å². The van der Waals surface area contributed by atoms with Gasteiger partial charge in [-0.2, -0.15) is 0 Å². The van der Waals surface area contributed by atoms with Gasteiger partial charge in [0.05, 0.1) is 0 Å². The third-order valence-electron chi connectivity index (χ3n) is 13.6. The lowest BCUT2D eigenvalue weighted by Crippen LogP contribution is -2.30. The molecule has 6 heteroatoms. The summed E-state index contributed by atoms with van der Waals surface area (Å²) in [5.41, 5.74) is 0. The van der Waals surface area contributed by atoms with Crippen LogP contribution < -0.4 is 0 Å². The van der Waals surface area contributed by atoms with Crippen molar-refractivity contribution < 1.29 is 28.6 Å². The summed E-state index contributed by atoms with van der Waals surface area (Å²) in [5, 5.41) is 0. The van der Waals surface area contributed by atoms with Gasteiger partial charge in [0.25, 0.3) is 0 Å². The van der Waals surface area contributed by atoms with Gasteiger partial charge in [-0.15, -0.1) is 0 Å². The van der Waals surface area contributed by atoms with E-state index in [0.717, 1.165) is 70.6 Å². The third-order valence-corrected chi connectivity index (χ3v) is 13.6. The minimum atomic E-state index is -0.794. The van der Waals surface area contributed by atoms with Crippen LogP contribution >= 0.6 is 0 Å². The average molecular weight is 1020 g/mol. The van der Waals surface area contributed by atoms with Crippen LogP contribution in [0.5, 0.6) is 0 Å². The molecule has 0 spiro atoms. The highest BCUT2D eigenvalue weighted by Gasteiger charge is 2.19. The van der Waals surface area contributed by atoms with E-state index in [0.29, 0.717) is 19.3 Å². The van der Waals surface area contributed by atoms with Crippen LogP contribution in [0.15, 0.2) is 85.1 Å². The molecule has 0 aliphatic carbocycles. The minimum Gasteiger partial charge on any atom is -0.462 e. The quantitative estimate of drug-likeness (QED) is 0.0261. The average Bonchev–Trinajstić information content (AvgIpc) is 3.39. The predicted molar refractivity (Wildman–Crippen MR) is 316 cm³/mol. The predicted octanol–water partition coefficient (Wildman–Crippen LogP) is 21.1. The summed E-state index contributed by atoms with van der Waals surface area (Å²) in [6, 6.07) is 0. The molecule has 0 saturated heterocycles. The fourth-order valence-corrected chi connectivity index (χ4v) is 8.96. The molecule has 0 amide bonds. The molecule has 1 atom stereocenters. The Morgan fingerprint density at radius 3 is 0.836 bits per heavy atom. The Morgan fingerprint density at radius 1 is 0.288 bits per heavy atom. The lowest BCUT2D eigenvalue weighted by Gasteiger charge is -2.18. The fourth-order valence-electron chi connectivity index (χ4n) is 8.96. The SMILES string of the molecule is CC\C=C/C=C\C=C/C=C\C=C\C=C/C=C\CCCCCC(=O)OCC(COC(=O)CCCCCCCCCCCCCCCCCCCC)OC(=O)CCCCCCCCCCCCCCCCCCCC. The Bertz CT molecular complexity index is 1400. The smallest absolute Gasteiger partial charge is 0.306 e. The summed E-state index contributed by atoms with van der Waals surface area (Å²) in [5.74, 6) is -0.918. The summed E-state index contributed by atoms with van der Waals surface area (Å²) < 4.78 is 16.9. The van der Waals surface area contributed by atoms with Crippen molar-refractivity contribution in [1.29, 1.82) is 0 Å². The Morgan fingerprint density at radius 2 is 0.534 bits per heavy atom. The van der Waals surface area contributed by atoms with Gasteiger partial charge < -0.3 is 14.2 Å². The maximum atomic E-state index is 12.9. The van der Waals surface area contributed by atoms with E-state index in [2.05, 4.69) is 45.1 Å². The largest absolute Gasteiger partial charge is 0.462 e. The zero-order valence-electron chi connectivity index (χ0n) is 48.1. The van der Waals surface area contributed by atoms with Crippen LogP contribution in [0.4, 0.5) is 0 Å². The van der Waals surface area contributed by atoms with Crippen molar-refractivity contribution in [3.63, 3.8) is 0 Å². The number of ether oxygens (including phenoxy) is 3. The molecule has 0 aromatic carbocycles. The van der Waals surface area contributed by atoms with Crippen LogP contribution in [0.2, 0.25) is 0 Å². The maximum absolute atomic E-state index is 12.9. The summed E-state index contributed by atoms with van der Waals surface area (Å²) in [6.07, 6.45) is 80.1. The molecule has 0 radical (unpaired) electrons. The van der Waals surface area contributed by atoms with E-state index < -0.39 is 6.10 Å². The Kier molecular flexibility index (Phi) is 58.3. The van der Waals surface area contributed by atoms with Crippen LogP contribution in [0, 0.1) is 0 Å². The van der Waals surface area contributed by atoms with Gasteiger partial charge in [0.1, 0.15) is 13.2 Å². The van der Waals surface area contributed by atoms with E-state index >= 15 is 0 Å². The lowest BCUT2D eigenvalue weighted by atomic mass is 10.0. The number of hydrogen-bond donors (Lipinski definition) is 0. The molecule has 0 rings (SSSR count). The second kappa shape index (κ2) is 61.1. The van der Waals surface area contributed by atoms with Crippen molar-refractivity contribution in [2.24, 2.45) is 0 Å². The standard InChI is InChI=1S/C67H116O6/c1-4-7-10-13-16-19-22-25-28-31-34-37-39-42-45-48-51-54-57-60-66(69)72-63-64(73-67(70)61-58-55-52-49-46-43-40-36-33-30-27-24-21-18-15-12-9-6-3)62-71-65(68)59-56-53-50-47-44-41-38-35-32-29-26-23-20-17-14-11-8-5-2/h7,10,13,16,19,22,25,28,31,34,37,39,42,45,64H,4-6,8-9,11-12,14-15,17-18,20-21,23-24,26-27,29-30,32-33,35-36,38,40-41,43-44,46-63H2,1-3H3/b10-7-,16-13-,22-19-,28-25-,34-31+,39-37-,45-42-. The highest BCUT2D eigenvalue weighted by Crippen LogP contribution is 2.17. The van der Waals surface area contributed by atoms with E-state index in [-0.39, 0.29) is 31.1 Å². The molecule has 0 fully saturated rings. The molecule has 6 nitrogen and oxygen atoms in total. The first-order chi connectivity index (χ1) is 36.0. The molecule has 0 aliphatic rings. The van der Waals surface area contributed by atoms with E-state index in [1.807, 2.05) is 60.8 Å². The lowest BCUT2D eigenvalue weighted by molar-refractivity contribution is -0.167. The topological polar surface area (TPSA) is 78.9 Å². The molecular formula is C67H116O6. The zero-order valence-corrected chi connectivity index (χ0v) is 48.1. The van der Waals surface area contributed by atoms with Gasteiger partial charge in [-0.3, -0.25) is 14.4 Å². The highest BCUT2D eigenvalue weighted by atomic mass is 16.6. The number of unbranched alkanes of at least 4 members (excludes halogenated alkanes) is 37. The van der Waals surface area contributed by atoms with Crippen LogP contribution in [-0.4, -0.2) is 37.2 Å². The number of rotatable bonds is 56. The number of carbonyl (C=O) groups excluding carboxylic acids is 3. The molecule has 0 aromatic heterocycles. The van der Waals surface area contributed by atoms with Gasteiger partial charge in [-0.05, 0) is 38.5 Å². The molecule has 1 unspecified atom stereocenters. The molecular weight excluding hydrogens is 901 g/mol. The highest BCUT2D eigenvalue weighted by molar-refractivity contribution is 5.71. The van der Waals surface area contributed by atoms with Crippen molar-refractivity contribution in [1.82, 2.24) is 0 Å². The van der Waals surface area contributed by atoms with Gasteiger partial charge in [0.2, 0.25) is 0 Å². The summed E-state index contributed by atoms with van der Waals surface area (Å²) in [4.78, 5) is 38.3. The van der Waals surface area contributed by atoms with Crippen molar-refractivity contribution in [3.05, 3.63) is 85.1 Å². The molecule has 0 saturated carbocycles. The van der Waals surface area contributed by atoms with E-state index in [1.54, 1.807) is 0 Å². The second-order valence-electron chi connectivity index (χ2n) is 20.8. The summed E-state index contributed by atoms with van der Waals surface area (Å²) in [6.45, 7) is 6.50. The first-order valence-electron chi connectivity index (χ1n) is 31.2. The van der Waals surface area contributed by atoms with Crippen LogP contribution in [0.3, 0.4) is 0 Å². The number of carbonyl (C=O) groups is 3. The number of esters is 3. The summed E-state index contributed by atoms with van der Waals surface area (Å²) in [7, 11) is 0. The molecule has 420 valence electrons. The molecule has 0 heterocycles. The van der Waals surface area contributed by atoms with Crippen molar-refractivity contribution >= 4 is 17.9 Å². The summed E-state index contributed by atoms with van der Waals surface area (Å²) >= 11 is 0. The van der Waals surface area contributed by atoms with E-state index in [1.165, 1.54) is 193 Å². The molecule has 0 bridgehead atoms. The van der Waals surface area contributed by atoms with Crippen LogP contribution in [-0.2, 0) is 28.6 Å². The minimum absolute atomic E-state index is 0.0874. The van der Waals surface area contributed by atoms with Gasteiger partial charge in [-0.1, -0.05) is 331 Å². The van der Waals surface area contributed by atoms with Gasteiger partial charge >= 0.3 is 17.9 Å². The van der Waals surface area contributed by atoms with E-state index in [9.17, 15) is 14.4 Å². The van der Waals surface area contributed by atoms with Crippen molar-refractivity contribution in [2.75, 3.05) is 13.2 Å². The molecule has 0 aliphatic heterocycles. The number of hydrogen-bond acceptors (Lipinski definition) is 6. The van der Waals surface area contributed by atoms with Gasteiger partial charge in [-0.25, -0.2) is 0 Å². The first kappa shape index (κ1) is 69.6. The van der Waals surface area contributed by atoms with Crippen molar-refractivity contribution in [3.8, 4) is 0 Å². The van der Waals surface area contributed by atoms with Crippen molar-refractivity contribution in [2.45, 2.75) is 309 Å².